The Bertz CT molecular complexity index is 1200. The zero-order chi connectivity index (χ0) is 21.1. The molecule has 0 amide bonds. The van der Waals surface area contributed by atoms with Crippen LogP contribution in [0.3, 0.4) is 0 Å². The summed E-state index contributed by atoms with van der Waals surface area (Å²) < 4.78 is 54.0. The van der Waals surface area contributed by atoms with Crippen molar-refractivity contribution in [3.05, 3.63) is 89.5 Å². The summed E-state index contributed by atoms with van der Waals surface area (Å²) in [5.74, 6) is 0. The standard InChI is InChI=1S/C22H23NO4S2/c1-17-8-11-20(12-9-17)28(24,25)21-13-10-18(2)22(16-21)29(26,27)23-15-14-19-6-4-3-5-7-19/h3-13,16,23H,14-15H2,1-2H3. The first-order chi connectivity index (χ1) is 13.7. The van der Waals surface area contributed by atoms with Gasteiger partial charge in [0.25, 0.3) is 0 Å². The molecule has 0 unspecified atom stereocenters. The molecular weight excluding hydrogens is 406 g/mol. The Labute approximate surface area is 172 Å². The molecule has 1 N–H and O–H groups in total. The number of nitrogens with one attached hydrogen (secondary N) is 1. The third-order valence-corrected chi connectivity index (χ3v) is 8.01. The van der Waals surface area contributed by atoms with Gasteiger partial charge >= 0.3 is 0 Å². The third kappa shape index (κ3) is 4.93. The Hall–Kier alpha value is -2.48. The fraction of sp³-hybridized carbons (Fsp3) is 0.182. The molecule has 0 atom stereocenters. The maximum Gasteiger partial charge on any atom is 0.240 e. The van der Waals surface area contributed by atoms with Gasteiger partial charge in [0.15, 0.2) is 0 Å². The smallest absolute Gasteiger partial charge is 0.219 e. The third-order valence-electron chi connectivity index (χ3n) is 4.64. The molecule has 0 saturated heterocycles. The summed E-state index contributed by atoms with van der Waals surface area (Å²) in [6, 6.07) is 20.2. The summed E-state index contributed by atoms with van der Waals surface area (Å²) in [6.45, 7) is 3.74. The second-order valence-corrected chi connectivity index (χ2v) is 10.6. The molecule has 7 heteroatoms. The molecule has 0 radical (unpaired) electrons. The molecule has 0 aliphatic rings. The van der Waals surface area contributed by atoms with E-state index >= 15 is 0 Å². The zero-order valence-corrected chi connectivity index (χ0v) is 17.9. The van der Waals surface area contributed by atoms with Crippen LogP contribution in [-0.4, -0.2) is 23.4 Å². The molecule has 0 fully saturated rings. The highest BCUT2D eigenvalue weighted by Gasteiger charge is 2.23. The van der Waals surface area contributed by atoms with Crippen molar-refractivity contribution in [2.45, 2.75) is 35.0 Å². The van der Waals surface area contributed by atoms with E-state index in [-0.39, 0.29) is 21.2 Å². The summed E-state index contributed by atoms with van der Waals surface area (Å²) in [4.78, 5) is 0.0569. The Balaban J connectivity index is 1.87. The minimum Gasteiger partial charge on any atom is -0.219 e. The zero-order valence-electron chi connectivity index (χ0n) is 16.3. The monoisotopic (exact) mass is 429 g/mol. The van der Waals surface area contributed by atoms with E-state index in [2.05, 4.69) is 4.72 Å². The fourth-order valence-electron chi connectivity index (χ4n) is 2.94. The Kier molecular flexibility index (Phi) is 6.21. The van der Waals surface area contributed by atoms with Gasteiger partial charge in [0.1, 0.15) is 0 Å². The van der Waals surface area contributed by atoms with E-state index in [0.29, 0.717) is 12.0 Å². The highest BCUT2D eigenvalue weighted by molar-refractivity contribution is 7.91. The first-order valence-electron chi connectivity index (χ1n) is 9.16. The molecule has 29 heavy (non-hydrogen) atoms. The van der Waals surface area contributed by atoms with Crippen LogP contribution in [0, 0.1) is 13.8 Å². The number of hydrogen-bond donors (Lipinski definition) is 1. The van der Waals surface area contributed by atoms with Gasteiger partial charge in [0, 0.05) is 6.54 Å². The number of hydrogen-bond acceptors (Lipinski definition) is 4. The van der Waals surface area contributed by atoms with Crippen LogP contribution in [0.5, 0.6) is 0 Å². The summed E-state index contributed by atoms with van der Waals surface area (Å²) >= 11 is 0. The van der Waals surface area contributed by atoms with Crippen molar-refractivity contribution in [2.75, 3.05) is 6.54 Å². The normalized spacial score (nSPS) is 12.1. The van der Waals surface area contributed by atoms with Crippen molar-refractivity contribution in [3.63, 3.8) is 0 Å². The average Bonchev–Trinajstić information content (AvgIpc) is 2.69. The Morgan fingerprint density at radius 2 is 1.38 bits per heavy atom. The predicted molar refractivity (Wildman–Crippen MR) is 113 cm³/mol. The first-order valence-corrected chi connectivity index (χ1v) is 12.1. The lowest BCUT2D eigenvalue weighted by atomic mass is 10.2. The van der Waals surface area contributed by atoms with Gasteiger partial charge in [-0.2, -0.15) is 0 Å². The van der Waals surface area contributed by atoms with Gasteiger partial charge < -0.3 is 0 Å². The second-order valence-electron chi connectivity index (χ2n) is 6.88. The lowest BCUT2D eigenvalue weighted by Crippen LogP contribution is -2.26. The van der Waals surface area contributed by atoms with Crippen molar-refractivity contribution >= 4 is 19.9 Å². The van der Waals surface area contributed by atoms with Gasteiger partial charge in [0.05, 0.1) is 14.7 Å². The maximum atomic E-state index is 12.9. The molecule has 0 aliphatic carbocycles. The minimum atomic E-state index is -3.85. The lowest BCUT2D eigenvalue weighted by Gasteiger charge is -2.12. The molecule has 3 aromatic carbocycles. The number of sulfone groups is 1. The Morgan fingerprint density at radius 3 is 2.03 bits per heavy atom. The van der Waals surface area contributed by atoms with Crippen LogP contribution in [0.25, 0.3) is 0 Å². The van der Waals surface area contributed by atoms with E-state index in [0.717, 1.165) is 11.1 Å². The van der Waals surface area contributed by atoms with Gasteiger partial charge in [-0.15, -0.1) is 0 Å². The maximum absolute atomic E-state index is 12.9. The van der Waals surface area contributed by atoms with Crippen molar-refractivity contribution in [1.29, 1.82) is 0 Å². The van der Waals surface area contributed by atoms with Crippen LogP contribution >= 0.6 is 0 Å². The largest absolute Gasteiger partial charge is 0.240 e. The molecular formula is C22H23NO4S2. The van der Waals surface area contributed by atoms with E-state index in [4.69, 9.17) is 0 Å². The lowest BCUT2D eigenvalue weighted by molar-refractivity contribution is 0.580. The average molecular weight is 430 g/mol. The number of aryl methyl sites for hydroxylation is 2. The van der Waals surface area contributed by atoms with E-state index in [1.165, 1.54) is 30.3 Å². The Morgan fingerprint density at radius 1 is 0.759 bits per heavy atom. The molecule has 3 rings (SSSR count). The molecule has 152 valence electrons. The number of sulfonamides is 1. The van der Waals surface area contributed by atoms with Gasteiger partial charge in [-0.25, -0.2) is 21.6 Å². The molecule has 0 heterocycles. The van der Waals surface area contributed by atoms with Gasteiger partial charge in [-0.05, 0) is 55.7 Å². The highest BCUT2D eigenvalue weighted by Crippen LogP contribution is 2.25. The van der Waals surface area contributed by atoms with E-state index < -0.39 is 19.9 Å². The molecule has 0 bridgehead atoms. The summed E-state index contributed by atoms with van der Waals surface area (Å²) in [5, 5.41) is 0. The van der Waals surface area contributed by atoms with E-state index in [1.54, 1.807) is 19.1 Å². The van der Waals surface area contributed by atoms with Crippen molar-refractivity contribution < 1.29 is 16.8 Å². The summed E-state index contributed by atoms with van der Waals surface area (Å²) in [6.07, 6.45) is 0.542. The van der Waals surface area contributed by atoms with Crippen LogP contribution in [0.4, 0.5) is 0 Å². The van der Waals surface area contributed by atoms with Crippen molar-refractivity contribution in [2.24, 2.45) is 0 Å². The second kappa shape index (κ2) is 8.49. The molecule has 3 aromatic rings. The SMILES string of the molecule is Cc1ccc(S(=O)(=O)c2ccc(C)c(S(=O)(=O)NCCc3ccccc3)c2)cc1. The van der Waals surface area contributed by atoms with E-state index in [1.807, 2.05) is 37.3 Å². The van der Waals surface area contributed by atoms with Crippen LogP contribution in [-0.2, 0) is 26.3 Å². The number of benzene rings is 3. The number of rotatable bonds is 7. The first kappa shape index (κ1) is 21.2. The van der Waals surface area contributed by atoms with Crippen LogP contribution in [0.2, 0.25) is 0 Å². The topological polar surface area (TPSA) is 80.3 Å². The summed E-state index contributed by atoms with van der Waals surface area (Å²) in [7, 11) is -7.66. The highest BCUT2D eigenvalue weighted by atomic mass is 32.2. The minimum absolute atomic E-state index is 0.0289. The van der Waals surface area contributed by atoms with Crippen molar-refractivity contribution in [3.8, 4) is 0 Å². The van der Waals surface area contributed by atoms with Gasteiger partial charge in [0.2, 0.25) is 19.9 Å². The van der Waals surface area contributed by atoms with E-state index in [9.17, 15) is 16.8 Å². The molecule has 0 spiro atoms. The molecule has 0 aromatic heterocycles. The molecule has 0 saturated carbocycles. The van der Waals surface area contributed by atoms with Crippen LogP contribution in [0.1, 0.15) is 16.7 Å². The van der Waals surface area contributed by atoms with Crippen LogP contribution in [0.15, 0.2) is 87.5 Å². The van der Waals surface area contributed by atoms with Crippen molar-refractivity contribution in [1.82, 2.24) is 4.72 Å². The summed E-state index contributed by atoms with van der Waals surface area (Å²) in [5.41, 5.74) is 2.45. The predicted octanol–water partition coefficient (Wildman–Crippen LogP) is 3.66. The quantitative estimate of drug-likeness (QED) is 0.622. The van der Waals surface area contributed by atoms with Crippen LogP contribution < -0.4 is 4.72 Å². The molecule has 5 nitrogen and oxygen atoms in total. The fourth-order valence-corrected chi connectivity index (χ4v) is 5.60. The van der Waals surface area contributed by atoms with Gasteiger partial charge in [-0.1, -0.05) is 54.1 Å². The molecule has 0 aliphatic heterocycles. The van der Waals surface area contributed by atoms with Gasteiger partial charge in [-0.3, -0.25) is 0 Å².